The summed E-state index contributed by atoms with van der Waals surface area (Å²) < 4.78 is 51.2. The number of carbonyl (C=O) groups is 2. The second-order valence-corrected chi connectivity index (χ2v) is 10.8. The second kappa shape index (κ2) is 12.7. The minimum atomic E-state index is -4.48. The summed E-state index contributed by atoms with van der Waals surface area (Å²) in [5.74, 6) is -0.384. The molecule has 1 N–H and O–H groups in total. The van der Waals surface area contributed by atoms with E-state index in [9.17, 15) is 22.8 Å². The summed E-state index contributed by atoms with van der Waals surface area (Å²) in [6.07, 6.45) is 1.89. The standard InChI is InChI=1S/C26H27F3N4O4S2/c1-3-12-33-20(14-37-17-9-7-8-16(13-17)26(27,28)29)31-32-25(33)38-15-21(34)30-23-22(24(35)36-2)18-10-5-4-6-11-19(18)39-23/h3,7-9,13H,1,4-6,10-12,14-15H2,2H3,(H,30,34). The molecule has 2 heterocycles. The van der Waals surface area contributed by atoms with Gasteiger partial charge in [-0.2, -0.15) is 13.2 Å². The van der Waals surface area contributed by atoms with Gasteiger partial charge in [0.2, 0.25) is 5.91 Å². The van der Waals surface area contributed by atoms with Gasteiger partial charge >= 0.3 is 12.1 Å². The molecule has 0 spiro atoms. The molecule has 0 bridgehead atoms. The molecule has 39 heavy (non-hydrogen) atoms. The van der Waals surface area contributed by atoms with Crippen molar-refractivity contribution in [2.45, 2.75) is 56.6 Å². The number of aromatic nitrogens is 3. The predicted molar refractivity (Wildman–Crippen MR) is 142 cm³/mol. The molecule has 2 aromatic heterocycles. The molecule has 0 saturated heterocycles. The number of halogens is 3. The van der Waals surface area contributed by atoms with Crippen LogP contribution in [0.2, 0.25) is 0 Å². The van der Waals surface area contributed by atoms with Crippen molar-refractivity contribution >= 4 is 40.0 Å². The molecule has 3 aromatic rings. The lowest BCUT2D eigenvalue weighted by molar-refractivity contribution is -0.137. The van der Waals surface area contributed by atoms with Crippen LogP contribution < -0.4 is 10.1 Å². The maximum Gasteiger partial charge on any atom is 0.416 e. The van der Waals surface area contributed by atoms with Gasteiger partial charge in [0.25, 0.3) is 0 Å². The molecule has 0 atom stereocenters. The first-order valence-electron chi connectivity index (χ1n) is 12.2. The number of benzene rings is 1. The molecular weight excluding hydrogens is 553 g/mol. The third kappa shape index (κ3) is 7.01. The van der Waals surface area contributed by atoms with E-state index in [4.69, 9.17) is 9.47 Å². The summed E-state index contributed by atoms with van der Waals surface area (Å²) in [5.41, 5.74) is 0.581. The van der Waals surface area contributed by atoms with Crippen molar-refractivity contribution in [1.29, 1.82) is 0 Å². The van der Waals surface area contributed by atoms with Gasteiger partial charge in [0.15, 0.2) is 11.0 Å². The van der Waals surface area contributed by atoms with E-state index in [1.165, 1.54) is 30.6 Å². The number of fused-ring (bicyclic) bond motifs is 1. The molecule has 0 fully saturated rings. The molecule has 13 heteroatoms. The third-order valence-electron chi connectivity index (χ3n) is 6.03. The zero-order valence-corrected chi connectivity index (χ0v) is 22.8. The van der Waals surface area contributed by atoms with Crippen LogP contribution in [0.25, 0.3) is 0 Å². The third-order valence-corrected chi connectivity index (χ3v) is 8.20. The van der Waals surface area contributed by atoms with Gasteiger partial charge in [-0.15, -0.1) is 28.1 Å². The summed E-state index contributed by atoms with van der Waals surface area (Å²) in [7, 11) is 1.32. The highest BCUT2D eigenvalue weighted by molar-refractivity contribution is 7.99. The fourth-order valence-corrected chi connectivity index (χ4v) is 6.26. The number of amides is 1. The van der Waals surface area contributed by atoms with Crippen molar-refractivity contribution in [2.24, 2.45) is 0 Å². The Morgan fingerprint density at radius 3 is 2.77 bits per heavy atom. The van der Waals surface area contributed by atoms with Gasteiger partial charge < -0.3 is 14.8 Å². The quantitative estimate of drug-likeness (QED) is 0.138. The van der Waals surface area contributed by atoms with Crippen LogP contribution in [0.1, 0.15) is 51.4 Å². The number of methoxy groups -OCH3 is 1. The van der Waals surface area contributed by atoms with E-state index >= 15 is 0 Å². The van der Waals surface area contributed by atoms with Gasteiger partial charge in [-0.1, -0.05) is 30.3 Å². The van der Waals surface area contributed by atoms with Crippen molar-refractivity contribution in [3.05, 3.63) is 64.3 Å². The van der Waals surface area contributed by atoms with Crippen LogP contribution >= 0.6 is 23.1 Å². The van der Waals surface area contributed by atoms with Gasteiger partial charge in [-0.3, -0.25) is 9.36 Å². The van der Waals surface area contributed by atoms with Crippen LogP contribution in [0.5, 0.6) is 5.75 Å². The fraction of sp³-hybridized carbons (Fsp3) is 0.385. The molecule has 1 aliphatic rings. The highest BCUT2D eigenvalue weighted by Gasteiger charge is 2.31. The molecule has 1 aliphatic carbocycles. The number of hydrogen-bond acceptors (Lipinski definition) is 8. The Hall–Kier alpha value is -3.32. The first-order chi connectivity index (χ1) is 18.7. The Labute approximate surface area is 231 Å². The SMILES string of the molecule is C=CCn1c(COc2cccc(C(F)(F)F)c2)nnc1SCC(=O)Nc1sc2c(c1C(=O)OC)CCCCC2. The number of ether oxygens (including phenoxy) is 2. The molecular formula is C26H27F3N4O4S2. The fourth-order valence-electron chi connectivity index (χ4n) is 4.20. The van der Waals surface area contributed by atoms with Gasteiger partial charge in [-0.05, 0) is 49.4 Å². The van der Waals surface area contributed by atoms with E-state index < -0.39 is 17.7 Å². The van der Waals surface area contributed by atoms with Crippen LogP contribution in [0.15, 0.2) is 42.1 Å². The number of thioether (sulfide) groups is 1. The number of anilines is 1. The average molecular weight is 581 g/mol. The van der Waals surface area contributed by atoms with Crippen molar-refractivity contribution in [2.75, 3.05) is 18.2 Å². The molecule has 4 rings (SSSR count). The highest BCUT2D eigenvalue weighted by Crippen LogP contribution is 2.38. The average Bonchev–Trinajstić information content (AvgIpc) is 3.36. The Bertz CT molecular complexity index is 1350. The maximum atomic E-state index is 13.0. The minimum absolute atomic E-state index is 0.00700. The van der Waals surface area contributed by atoms with E-state index in [0.717, 1.165) is 66.4 Å². The zero-order chi connectivity index (χ0) is 28.0. The number of nitrogens with one attached hydrogen (secondary N) is 1. The number of carbonyl (C=O) groups excluding carboxylic acids is 2. The Morgan fingerprint density at radius 2 is 2.03 bits per heavy atom. The molecule has 1 aromatic carbocycles. The van der Waals surface area contributed by atoms with E-state index in [1.54, 1.807) is 10.6 Å². The Morgan fingerprint density at radius 1 is 1.23 bits per heavy atom. The number of esters is 1. The lowest BCUT2D eigenvalue weighted by Crippen LogP contribution is -2.17. The number of hydrogen-bond donors (Lipinski definition) is 1. The van der Waals surface area contributed by atoms with Gasteiger partial charge in [0.1, 0.15) is 17.4 Å². The predicted octanol–water partition coefficient (Wildman–Crippen LogP) is 5.91. The van der Waals surface area contributed by atoms with Crippen molar-refractivity contribution < 1.29 is 32.2 Å². The number of alkyl halides is 3. The number of aryl methyl sites for hydroxylation is 1. The monoisotopic (exact) mass is 580 g/mol. The van der Waals surface area contributed by atoms with Crippen molar-refractivity contribution in [3.63, 3.8) is 0 Å². The normalized spacial score (nSPS) is 13.3. The summed E-state index contributed by atoms with van der Waals surface area (Å²) >= 11 is 2.55. The van der Waals surface area contributed by atoms with E-state index in [0.29, 0.717) is 28.1 Å². The number of thiophene rings is 1. The molecule has 0 aliphatic heterocycles. The summed E-state index contributed by atoms with van der Waals surface area (Å²) in [6.45, 7) is 3.91. The van der Waals surface area contributed by atoms with E-state index in [-0.39, 0.29) is 24.0 Å². The van der Waals surface area contributed by atoms with Gasteiger partial charge in [-0.25, -0.2) is 4.79 Å². The van der Waals surface area contributed by atoms with Crippen LogP contribution in [-0.2, 0) is 41.7 Å². The van der Waals surface area contributed by atoms with Gasteiger partial charge in [0, 0.05) is 11.4 Å². The van der Waals surface area contributed by atoms with E-state index in [2.05, 4.69) is 22.1 Å². The summed E-state index contributed by atoms with van der Waals surface area (Å²) in [5, 5.41) is 12.0. The largest absolute Gasteiger partial charge is 0.486 e. The smallest absolute Gasteiger partial charge is 0.416 e. The summed E-state index contributed by atoms with van der Waals surface area (Å²) in [6, 6.07) is 4.58. The number of nitrogens with zero attached hydrogens (tertiary/aromatic N) is 3. The van der Waals surface area contributed by atoms with Crippen LogP contribution in [0, 0.1) is 0 Å². The maximum absolute atomic E-state index is 13.0. The first kappa shape index (κ1) is 28.7. The first-order valence-corrected chi connectivity index (χ1v) is 14.0. The van der Waals surface area contributed by atoms with Crippen molar-refractivity contribution in [3.8, 4) is 5.75 Å². The Balaban J connectivity index is 1.43. The zero-order valence-electron chi connectivity index (χ0n) is 21.2. The summed E-state index contributed by atoms with van der Waals surface area (Å²) in [4.78, 5) is 26.5. The molecule has 0 saturated carbocycles. The Kier molecular flexibility index (Phi) is 9.33. The molecule has 208 valence electrons. The molecule has 8 nitrogen and oxygen atoms in total. The minimum Gasteiger partial charge on any atom is -0.486 e. The molecule has 0 unspecified atom stereocenters. The number of rotatable bonds is 10. The topological polar surface area (TPSA) is 95.3 Å². The van der Waals surface area contributed by atoms with Crippen LogP contribution in [0.4, 0.5) is 18.2 Å². The van der Waals surface area contributed by atoms with E-state index in [1.807, 2.05) is 0 Å². The molecule has 1 amide bonds. The van der Waals surface area contributed by atoms with Crippen LogP contribution in [0.3, 0.4) is 0 Å². The lowest BCUT2D eigenvalue weighted by atomic mass is 10.1. The second-order valence-electron chi connectivity index (χ2n) is 8.71. The van der Waals surface area contributed by atoms with Crippen molar-refractivity contribution in [1.82, 2.24) is 14.8 Å². The number of allylic oxidation sites excluding steroid dienone is 1. The molecule has 0 radical (unpaired) electrons. The highest BCUT2D eigenvalue weighted by atomic mass is 32.2. The van der Waals surface area contributed by atoms with Crippen LogP contribution in [-0.4, -0.2) is 39.5 Å². The lowest BCUT2D eigenvalue weighted by Gasteiger charge is -2.11. The van der Waals surface area contributed by atoms with Gasteiger partial charge in [0.05, 0.1) is 24.0 Å².